The van der Waals surface area contributed by atoms with Crippen LogP contribution in [-0.2, 0) is 7.05 Å². The van der Waals surface area contributed by atoms with Gasteiger partial charge in [-0.3, -0.25) is 4.79 Å². The Morgan fingerprint density at radius 1 is 0.957 bits per heavy atom. The number of hydrogen-bond donors (Lipinski definition) is 0. The van der Waals surface area contributed by atoms with Crippen molar-refractivity contribution in [1.82, 2.24) is 4.57 Å². The molecule has 23 heavy (non-hydrogen) atoms. The van der Waals surface area contributed by atoms with E-state index in [0.717, 1.165) is 27.7 Å². The number of aryl methyl sites for hydroxylation is 3. The number of rotatable bonds is 2. The van der Waals surface area contributed by atoms with Crippen LogP contribution in [0.5, 0.6) is 0 Å². The van der Waals surface area contributed by atoms with Crippen molar-refractivity contribution < 1.29 is 0 Å². The lowest BCUT2D eigenvalue weighted by atomic mass is 10.0. The summed E-state index contributed by atoms with van der Waals surface area (Å²) in [6, 6.07) is 14.4. The molecule has 3 aromatic rings. The van der Waals surface area contributed by atoms with Crippen molar-refractivity contribution in [2.45, 2.75) is 13.8 Å². The molecule has 0 fully saturated rings. The molecule has 0 aliphatic heterocycles. The second-order valence-corrected chi connectivity index (χ2v) is 6.38. The highest BCUT2D eigenvalue weighted by Gasteiger charge is 2.11. The summed E-state index contributed by atoms with van der Waals surface area (Å²) in [6.45, 7) is 4.15. The Labute approximate surface area is 136 Å². The second-order valence-electron chi connectivity index (χ2n) is 6.38. The van der Waals surface area contributed by atoms with E-state index < -0.39 is 0 Å². The number of pyridine rings is 1. The van der Waals surface area contributed by atoms with Crippen LogP contribution in [0.15, 0.2) is 47.3 Å². The summed E-state index contributed by atoms with van der Waals surface area (Å²) in [4.78, 5) is 14.9. The van der Waals surface area contributed by atoms with E-state index in [1.165, 1.54) is 11.1 Å². The van der Waals surface area contributed by atoms with E-state index in [9.17, 15) is 4.79 Å². The molecule has 3 rings (SSSR count). The van der Waals surface area contributed by atoms with Gasteiger partial charge in [0.1, 0.15) is 0 Å². The van der Waals surface area contributed by atoms with Gasteiger partial charge in [-0.25, -0.2) is 0 Å². The zero-order valence-corrected chi connectivity index (χ0v) is 14.3. The Morgan fingerprint density at radius 3 is 2.22 bits per heavy atom. The molecule has 0 spiro atoms. The predicted molar refractivity (Wildman–Crippen MR) is 98.4 cm³/mol. The minimum Gasteiger partial charge on any atom is -0.377 e. The molecule has 0 aliphatic rings. The lowest BCUT2D eigenvalue weighted by Gasteiger charge is -2.18. The van der Waals surface area contributed by atoms with E-state index in [4.69, 9.17) is 0 Å². The van der Waals surface area contributed by atoms with Gasteiger partial charge in [-0.2, -0.15) is 0 Å². The monoisotopic (exact) mass is 306 g/mol. The van der Waals surface area contributed by atoms with Crippen molar-refractivity contribution in [2.24, 2.45) is 7.05 Å². The Kier molecular flexibility index (Phi) is 3.72. The molecule has 0 saturated heterocycles. The summed E-state index contributed by atoms with van der Waals surface area (Å²) in [5, 5.41) is 1.09. The first-order valence-electron chi connectivity index (χ1n) is 7.77. The van der Waals surface area contributed by atoms with Crippen molar-refractivity contribution in [3.05, 3.63) is 63.9 Å². The molecule has 118 valence electrons. The van der Waals surface area contributed by atoms with Crippen molar-refractivity contribution in [3.63, 3.8) is 0 Å². The lowest BCUT2D eigenvalue weighted by Crippen LogP contribution is -2.19. The predicted octanol–water partition coefficient (Wildman–Crippen LogP) is 3.89. The molecule has 0 bridgehead atoms. The molecule has 3 nitrogen and oxygen atoms in total. The third-order valence-electron chi connectivity index (χ3n) is 4.39. The lowest BCUT2D eigenvalue weighted by molar-refractivity contribution is 0.907. The Hall–Kier alpha value is -2.55. The first-order chi connectivity index (χ1) is 10.9. The number of fused-ring (bicyclic) bond motifs is 1. The van der Waals surface area contributed by atoms with Crippen LogP contribution in [0.4, 0.5) is 5.69 Å². The van der Waals surface area contributed by atoms with Crippen LogP contribution < -0.4 is 10.5 Å². The summed E-state index contributed by atoms with van der Waals surface area (Å²) >= 11 is 0. The van der Waals surface area contributed by atoms with E-state index in [0.29, 0.717) is 0 Å². The molecule has 1 heterocycles. The van der Waals surface area contributed by atoms with Gasteiger partial charge in [-0.05, 0) is 48.6 Å². The topological polar surface area (TPSA) is 25.2 Å². The summed E-state index contributed by atoms with van der Waals surface area (Å²) < 4.78 is 1.75. The summed E-state index contributed by atoms with van der Waals surface area (Å²) in [7, 11) is 5.89. The second kappa shape index (κ2) is 5.58. The van der Waals surface area contributed by atoms with Crippen LogP contribution in [0, 0.1) is 13.8 Å². The molecule has 3 heteroatoms. The van der Waals surface area contributed by atoms with Gasteiger partial charge in [-0.1, -0.05) is 29.8 Å². The average molecular weight is 306 g/mol. The van der Waals surface area contributed by atoms with Gasteiger partial charge >= 0.3 is 0 Å². The van der Waals surface area contributed by atoms with Crippen molar-refractivity contribution in [3.8, 4) is 11.1 Å². The van der Waals surface area contributed by atoms with Gasteiger partial charge in [0.25, 0.3) is 5.56 Å². The zero-order chi connectivity index (χ0) is 16.7. The highest BCUT2D eigenvalue weighted by molar-refractivity contribution is 5.88. The van der Waals surface area contributed by atoms with E-state index >= 15 is 0 Å². The fourth-order valence-electron chi connectivity index (χ4n) is 3.04. The van der Waals surface area contributed by atoms with E-state index in [1.54, 1.807) is 4.57 Å². The van der Waals surface area contributed by atoms with Crippen molar-refractivity contribution in [2.75, 3.05) is 19.0 Å². The smallest absolute Gasteiger partial charge is 0.258 e. The summed E-state index contributed by atoms with van der Waals surface area (Å²) in [5.74, 6) is 0. The van der Waals surface area contributed by atoms with Crippen LogP contribution in [-0.4, -0.2) is 18.7 Å². The Bertz CT molecular complexity index is 934. The fourth-order valence-corrected chi connectivity index (χ4v) is 3.04. The summed E-state index contributed by atoms with van der Waals surface area (Å²) in [6.07, 6.45) is 0. The van der Waals surface area contributed by atoms with Gasteiger partial charge in [0, 0.05) is 32.4 Å². The van der Waals surface area contributed by atoms with Gasteiger partial charge < -0.3 is 9.47 Å². The molecule has 0 unspecified atom stereocenters. The Morgan fingerprint density at radius 2 is 1.61 bits per heavy atom. The molecule has 0 N–H and O–H groups in total. The maximum Gasteiger partial charge on any atom is 0.258 e. The first kappa shape index (κ1) is 15.3. The molecule has 0 atom stereocenters. The Balaban J connectivity index is 2.31. The average Bonchev–Trinajstić information content (AvgIpc) is 2.51. The van der Waals surface area contributed by atoms with Crippen LogP contribution in [0.2, 0.25) is 0 Å². The van der Waals surface area contributed by atoms with Crippen LogP contribution in [0.1, 0.15) is 11.1 Å². The molecule has 1 aromatic heterocycles. The molecule has 0 amide bonds. The van der Waals surface area contributed by atoms with Gasteiger partial charge in [0.2, 0.25) is 0 Å². The maximum atomic E-state index is 12.8. The SMILES string of the molecule is Cc1ccc(-c2cc3cc(C)c(N(C)C)cc3n(C)c2=O)cc1. The fraction of sp³-hybridized carbons (Fsp3) is 0.250. The molecular weight excluding hydrogens is 284 g/mol. The van der Waals surface area contributed by atoms with Crippen molar-refractivity contribution >= 4 is 16.6 Å². The minimum atomic E-state index is 0.0370. The molecule has 0 radical (unpaired) electrons. The number of hydrogen-bond acceptors (Lipinski definition) is 2. The van der Waals surface area contributed by atoms with Gasteiger partial charge in [0.05, 0.1) is 5.52 Å². The molecule has 2 aromatic carbocycles. The first-order valence-corrected chi connectivity index (χ1v) is 7.77. The van der Waals surface area contributed by atoms with Gasteiger partial charge in [0.15, 0.2) is 0 Å². The van der Waals surface area contributed by atoms with E-state index in [-0.39, 0.29) is 5.56 Å². The van der Waals surface area contributed by atoms with Crippen LogP contribution >= 0.6 is 0 Å². The summed E-state index contributed by atoms with van der Waals surface area (Å²) in [5.41, 5.74) is 6.24. The molecule has 0 saturated carbocycles. The van der Waals surface area contributed by atoms with Crippen LogP contribution in [0.25, 0.3) is 22.0 Å². The quantitative estimate of drug-likeness (QED) is 0.717. The third-order valence-corrected chi connectivity index (χ3v) is 4.39. The molecular formula is C20H22N2O. The normalized spacial score (nSPS) is 11.0. The highest BCUT2D eigenvalue weighted by Crippen LogP contribution is 2.27. The number of benzene rings is 2. The van der Waals surface area contributed by atoms with Crippen LogP contribution in [0.3, 0.4) is 0 Å². The minimum absolute atomic E-state index is 0.0370. The highest BCUT2D eigenvalue weighted by atomic mass is 16.1. The number of aromatic nitrogens is 1. The van der Waals surface area contributed by atoms with Crippen molar-refractivity contribution in [1.29, 1.82) is 0 Å². The standard InChI is InChI=1S/C20H22N2O/c1-13-6-8-15(9-7-13)17-11-16-10-14(2)18(21(3)4)12-19(16)22(5)20(17)23/h6-12H,1-5H3. The maximum absolute atomic E-state index is 12.8. The number of anilines is 1. The van der Waals surface area contributed by atoms with Gasteiger partial charge in [-0.15, -0.1) is 0 Å². The third kappa shape index (κ3) is 2.63. The number of nitrogens with zero attached hydrogens (tertiary/aromatic N) is 2. The van der Waals surface area contributed by atoms with E-state index in [1.807, 2.05) is 51.5 Å². The largest absolute Gasteiger partial charge is 0.377 e. The molecule has 0 aliphatic carbocycles. The zero-order valence-electron chi connectivity index (χ0n) is 14.3. The van der Waals surface area contributed by atoms with E-state index in [2.05, 4.69) is 30.9 Å².